The normalized spacial score (nSPS) is 11.5. The number of hydrogen-bond donors (Lipinski definition) is 1. The van der Waals surface area contributed by atoms with Crippen molar-refractivity contribution in [3.8, 4) is 10.6 Å². The number of nitrogens with zero attached hydrogens (tertiary/aromatic N) is 2. The molecule has 5 nitrogen and oxygen atoms in total. The van der Waals surface area contributed by atoms with Crippen LogP contribution in [0.5, 0.6) is 0 Å². The summed E-state index contributed by atoms with van der Waals surface area (Å²) in [5.74, 6) is 0. The number of rotatable bonds is 6. The second-order valence-corrected chi connectivity index (χ2v) is 9.07. The number of hydrogen-bond acceptors (Lipinski definition) is 4. The monoisotopic (exact) mass is 409 g/mol. The number of anilines is 1. The van der Waals surface area contributed by atoms with Crippen molar-refractivity contribution in [2.75, 3.05) is 4.72 Å². The van der Waals surface area contributed by atoms with E-state index in [4.69, 9.17) is 0 Å². The summed E-state index contributed by atoms with van der Waals surface area (Å²) in [6.45, 7) is 2.46. The molecule has 1 N–H and O–H groups in total. The Labute approximate surface area is 168 Å². The maximum Gasteiger partial charge on any atom is 0.265 e. The van der Waals surface area contributed by atoms with Crippen molar-refractivity contribution in [2.24, 2.45) is 0 Å². The summed E-state index contributed by atoms with van der Waals surface area (Å²) in [5, 5.41) is 6.49. The fourth-order valence-corrected chi connectivity index (χ4v) is 4.88. The van der Waals surface area contributed by atoms with Crippen LogP contribution in [0.2, 0.25) is 0 Å². The van der Waals surface area contributed by atoms with Crippen molar-refractivity contribution in [1.29, 1.82) is 0 Å². The molecule has 0 atom stereocenters. The van der Waals surface area contributed by atoms with Crippen LogP contribution in [0, 0.1) is 6.92 Å². The topological polar surface area (TPSA) is 64.0 Å². The lowest BCUT2D eigenvalue weighted by atomic mass is 10.2. The average Bonchev–Trinajstić information content (AvgIpc) is 3.34. The molecule has 0 unspecified atom stereocenters. The average molecular weight is 410 g/mol. The molecule has 0 aliphatic rings. The Hall–Kier alpha value is -2.90. The fourth-order valence-electron chi connectivity index (χ4n) is 2.87. The predicted molar refractivity (Wildman–Crippen MR) is 113 cm³/mol. The number of benzene rings is 2. The molecule has 4 aromatic rings. The zero-order valence-electron chi connectivity index (χ0n) is 15.2. The highest BCUT2D eigenvalue weighted by atomic mass is 32.2. The van der Waals surface area contributed by atoms with Crippen LogP contribution in [0.1, 0.15) is 11.1 Å². The number of aromatic nitrogens is 2. The summed E-state index contributed by atoms with van der Waals surface area (Å²) in [5.41, 5.74) is 3.11. The third-order valence-corrected chi connectivity index (χ3v) is 6.52. The van der Waals surface area contributed by atoms with Gasteiger partial charge in [0.2, 0.25) is 0 Å². The van der Waals surface area contributed by atoms with Crippen LogP contribution in [0.4, 0.5) is 5.69 Å². The molecule has 7 heteroatoms. The van der Waals surface area contributed by atoms with E-state index in [1.54, 1.807) is 23.0 Å². The maximum absolute atomic E-state index is 13.1. The lowest BCUT2D eigenvalue weighted by Gasteiger charge is -2.07. The molecule has 2 aromatic heterocycles. The zero-order chi connectivity index (χ0) is 19.6. The van der Waals surface area contributed by atoms with Gasteiger partial charge in [0.05, 0.1) is 11.4 Å². The van der Waals surface area contributed by atoms with Crippen molar-refractivity contribution in [3.63, 3.8) is 0 Å². The number of thiophene rings is 1. The minimum atomic E-state index is -3.78. The molecule has 0 spiro atoms. The molecule has 0 amide bonds. The highest BCUT2D eigenvalue weighted by Gasteiger charge is 2.24. The molecule has 2 heterocycles. The molecular formula is C21H19N3O2S2. The molecule has 0 radical (unpaired) electrons. The smallest absolute Gasteiger partial charge is 0.265 e. The second-order valence-electron chi connectivity index (χ2n) is 6.47. The molecule has 0 aliphatic heterocycles. The first-order valence-corrected chi connectivity index (χ1v) is 11.1. The van der Waals surface area contributed by atoms with E-state index >= 15 is 0 Å². The summed E-state index contributed by atoms with van der Waals surface area (Å²) in [7, 11) is -3.78. The zero-order valence-corrected chi connectivity index (χ0v) is 16.9. The molecule has 0 saturated heterocycles. The van der Waals surface area contributed by atoms with E-state index in [2.05, 4.69) is 9.82 Å². The minimum Gasteiger partial charge on any atom is -0.280 e. The third kappa shape index (κ3) is 4.00. The Balaban J connectivity index is 1.72. The first-order chi connectivity index (χ1) is 13.5. The summed E-state index contributed by atoms with van der Waals surface area (Å²) in [4.78, 5) is 0.988. The molecule has 2 aromatic carbocycles. The Morgan fingerprint density at radius 2 is 1.75 bits per heavy atom. The summed E-state index contributed by atoms with van der Waals surface area (Å²) in [6.07, 6.45) is 1.60. The first-order valence-electron chi connectivity index (χ1n) is 8.76. The van der Waals surface area contributed by atoms with E-state index in [0.29, 0.717) is 17.9 Å². The van der Waals surface area contributed by atoms with Crippen LogP contribution < -0.4 is 4.72 Å². The van der Waals surface area contributed by atoms with Gasteiger partial charge in [-0.05, 0) is 36.1 Å². The van der Waals surface area contributed by atoms with Gasteiger partial charge in [0.25, 0.3) is 10.0 Å². The molecule has 28 heavy (non-hydrogen) atoms. The van der Waals surface area contributed by atoms with Gasteiger partial charge in [-0.2, -0.15) is 5.10 Å². The van der Waals surface area contributed by atoms with Crippen LogP contribution in [-0.2, 0) is 16.6 Å². The van der Waals surface area contributed by atoms with Gasteiger partial charge in [-0.25, -0.2) is 8.42 Å². The first kappa shape index (κ1) is 18.5. The van der Waals surface area contributed by atoms with E-state index in [1.165, 1.54) is 11.3 Å². The molecule has 0 bridgehead atoms. The minimum absolute atomic E-state index is 0.173. The second kappa shape index (κ2) is 7.61. The van der Waals surface area contributed by atoms with Crippen molar-refractivity contribution in [3.05, 3.63) is 89.4 Å². The van der Waals surface area contributed by atoms with Gasteiger partial charge >= 0.3 is 0 Å². The van der Waals surface area contributed by atoms with Crippen LogP contribution in [0.3, 0.4) is 0 Å². The molecule has 0 aliphatic carbocycles. The summed E-state index contributed by atoms with van der Waals surface area (Å²) in [6, 6.07) is 20.9. The molecule has 4 rings (SSSR count). The van der Waals surface area contributed by atoms with Gasteiger partial charge in [0.15, 0.2) is 0 Å². The maximum atomic E-state index is 13.1. The third-order valence-electron chi connectivity index (χ3n) is 4.26. The van der Waals surface area contributed by atoms with Gasteiger partial charge < -0.3 is 0 Å². The Morgan fingerprint density at radius 3 is 2.43 bits per heavy atom. The highest BCUT2D eigenvalue weighted by Crippen LogP contribution is 2.31. The number of nitrogens with one attached hydrogen (secondary N) is 1. The van der Waals surface area contributed by atoms with Crippen LogP contribution in [-0.4, -0.2) is 18.2 Å². The summed E-state index contributed by atoms with van der Waals surface area (Å²) < 4.78 is 30.6. The lowest BCUT2D eigenvalue weighted by molar-refractivity contribution is 0.601. The van der Waals surface area contributed by atoms with Crippen molar-refractivity contribution in [2.45, 2.75) is 18.4 Å². The predicted octanol–water partition coefficient (Wildman–Crippen LogP) is 4.77. The van der Waals surface area contributed by atoms with Gasteiger partial charge in [0.1, 0.15) is 10.6 Å². The van der Waals surface area contributed by atoms with Crippen LogP contribution >= 0.6 is 11.3 Å². The lowest BCUT2D eigenvalue weighted by Crippen LogP contribution is -2.13. The number of aryl methyl sites for hydroxylation is 1. The van der Waals surface area contributed by atoms with Crippen LogP contribution in [0.25, 0.3) is 10.6 Å². The van der Waals surface area contributed by atoms with Crippen LogP contribution in [0.15, 0.2) is 83.2 Å². The highest BCUT2D eigenvalue weighted by molar-refractivity contribution is 7.92. The van der Waals surface area contributed by atoms with Gasteiger partial charge in [-0.1, -0.05) is 54.1 Å². The van der Waals surface area contributed by atoms with E-state index in [0.717, 1.165) is 16.0 Å². The largest absolute Gasteiger partial charge is 0.280 e. The molecule has 142 valence electrons. The standard InChI is InChI=1S/C21H19N3O2S2/c1-16-9-11-18(12-10-16)23-28(25,26)20-15-24(14-17-6-3-2-4-7-17)22-21(20)19-8-5-13-27-19/h2-13,15,23H,14H2,1H3. The fraction of sp³-hybridized carbons (Fsp3) is 0.0952. The van der Waals surface area contributed by atoms with Gasteiger partial charge in [0, 0.05) is 11.9 Å². The molecule has 0 fully saturated rings. The summed E-state index contributed by atoms with van der Waals surface area (Å²) >= 11 is 1.47. The van der Waals surface area contributed by atoms with E-state index in [1.807, 2.05) is 66.9 Å². The Bertz CT molecular complexity index is 1160. The number of sulfonamides is 1. The van der Waals surface area contributed by atoms with E-state index < -0.39 is 10.0 Å². The van der Waals surface area contributed by atoms with Crippen molar-refractivity contribution < 1.29 is 8.42 Å². The van der Waals surface area contributed by atoms with E-state index in [9.17, 15) is 8.42 Å². The van der Waals surface area contributed by atoms with Gasteiger partial charge in [-0.15, -0.1) is 11.3 Å². The van der Waals surface area contributed by atoms with Crippen molar-refractivity contribution >= 4 is 27.0 Å². The Kier molecular flexibility index (Phi) is 5.02. The SMILES string of the molecule is Cc1ccc(NS(=O)(=O)c2cn(Cc3ccccc3)nc2-c2cccs2)cc1. The molecule has 0 saturated carbocycles. The van der Waals surface area contributed by atoms with Crippen molar-refractivity contribution in [1.82, 2.24) is 9.78 Å². The quantitative estimate of drug-likeness (QED) is 0.499. The Morgan fingerprint density at radius 1 is 1.00 bits per heavy atom. The van der Waals surface area contributed by atoms with E-state index in [-0.39, 0.29) is 4.90 Å². The molecular weight excluding hydrogens is 390 g/mol. The van der Waals surface area contributed by atoms with Gasteiger partial charge in [-0.3, -0.25) is 9.40 Å².